The van der Waals surface area contributed by atoms with Gasteiger partial charge in [-0.2, -0.15) is 0 Å². The first kappa shape index (κ1) is 7.37. The first-order chi connectivity index (χ1) is 5.86. The highest BCUT2D eigenvalue weighted by Crippen LogP contribution is 2.47. The molecule has 2 heterocycles. The van der Waals surface area contributed by atoms with Gasteiger partial charge in [0.25, 0.3) is 0 Å². The minimum atomic E-state index is 0.903. The second-order valence-electron chi connectivity index (χ2n) is 5.05. The third kappa shape index (κ3) is 0.834. The van der Waals surface area contributed by atoms with Crippen LogP contribution in [0.25, 0.3) is 0 Å². The molecule has 1 aliphatic carbocycles. The molecule has 0 aromatic rings. The lowest BCUT2D eigenvalue weighted by Crippen LogP contribution is -2.31. The Hall–Kier alpha value is -0.0400. The summed E-state index contributed by atoms with van der Waals surface area (Å²) in [5, 5.41) is 0. The van der Waals surface area contributed by atoms with Crippen molar-refractivity contribution in [3.8, 4) is 0 Å². The Bertz CT molecular complexity index is 187. The molecule has 1 nitrogen and oxygen atoms in total. The number of rotatable bonds is 0. The molecule has 2 aliphatic heterocycles. The highest BCUT2D eigenvalue weighted by Gasteiger charge is 2.47. The quantitative estimate of drug-likeness (QED) is 0.532. The largest absolute Gasteiger partial charge is 0.297 e. The molecule has 0 radical (unpaired) electrons. The van der Waals surface area contributed by atoms with Gasteiger partial charge in [-0.05, 0) is 44.4 Å². The van der Waals surface area contributed by atoms with Gasteiger partial charge in [0.2, 0.25) is 0 Å². The monoisotopic (exact) mass is 165 g/mol. The first-order valence-electron chi connectivity index (χ1n) is 5.62. The van der Waals surface area contributed by atoms with Crippen molar-refractivity contribution in [2.75, 3.05) is 6.54 Å². The second-order valence-corrected chi connectivity index (χ2v) is 5.05. The molecule has 0 amide bonds. The molecule has 0 aromatic heterocycles. The van der Waals surface area contributed by atoms with Crippen LogP contribution in [0, 0.1) is 11.8 Å². The summed E-state index contributed by atoms with van der Waals surface area (Å²) in [5.41, 5.74) is 0. The summed E-state index contributed by atoms with van der Waals surface area (Å²) in [4.78, 5) is 2.80. The van der Waals surface area contributed by atoms with E-state index in [1.165, 1.54) is 32.2 Å². The van der Waals surface area contributed by atoms with E-state index in [1.807, 2.05) is 0 Å². The zero-order valence-corrected chi connectivity index (χ0v) is 8.00. The van der Waals surface area contributed by atoms with Crippen molar-refractivity contribution in [2.24, 2.45) is 11.8 Å². The maximum Gasteiger partial charge on any atom is 0.0130 e. The van der Waals surface area contributed by atoms with E-state index in [0.29, 0.717) is 0 Å². The Labute approximate surface area is 75.1 Å². The molecule has 1 saturated carbocycles. The van der Waals surface area contributed by atoms with E-state index in [4.69, 9.17) is 0 Å². The third-order valence-electron chi connectivity index (χ3n) is 4.53. The molecule has 68 valence electrons. The van der Waals surface area contributed by atoms with E-state index in [0.717, 1.165) is 23.9 Å². The predicted octanol–water partition coefficient (Wildman–Crippen LogP) is 2.27. The number of hydrogen-bond donors (Lipinski definition) is 0. The normalized spacial score (nSPS) is 52.8. The van der Waals surface area contributed by atoms with Gasteiger partial charge in [0.05, 0.1) is 0 Å². The van der Waals surface area contributed by atoms with Crippen LogP contribution in [-0.2, 0) is 0 Å². The summed E-state index contributed by atoms with van der Waals surface area (Å²) in [6.45, 7) is 3.86. The summed E-state index contributed by atoms with van der Waals surface area (Å²) in [6.07, 6.45) is 7.56. The molecular formula is C11H19N. The van der Waals surface area contributed by atoms with Crippen LogP contribution in [0.15, 0.2) is 0 Å². The molecule has 3 fully saturated rings. The molecule has 2 saturated heterocycles. The van der Waals surface area contributed by atoms with Gasteiger partial charge < -0.3 is 0 Å². The summed E-state index contributed by atoms with van der Waals surface area (Å²) in [5.74, 6) is 2.20. The SMILES string of the molecule is CC1CCC2C3CCCC3CN12. The minimum Gasteiger partial charge on any atom is -0.297 e. The van der Waals surface area contributed by atoms with Crippen molar-refractivity contribution in [3.63, 3.8) is 0 Å². The molecule has 3 rings (SSSR count). The molecule has 0 aromatic carbocycles. The van der Waals surface area contributed by atoms with Gasteiger partial charge in [0.15, 0.2) is 0 Å². The molecule has 12 heavy (non-hydrogen) atoms. The second kappa shape index (κ2) is 2.47. The van der Waals surface area contributed by atoms with Crippen molar-refractivity contribution >= 4 is 0 Å². The third-order valence-corrected chi connectivity index (χ3v) is 4.53. The van der Waals surface area contributed by atoms with Crippen molar-refractivity contribution in [2.45, 2.75) is 51.1 Å². The molecule has 4 unspecified atom stereocenters. The molecule has 0 bridgehead atoms. The van der Waals surface area contributed by atoms with Gasteiger partial charge >= 0.3 is 0 Å². The standard InChI is InChI=1S/C11H19N/c1-8-5-6-11-10-4-2-3-9(10)7-12(8)11/h8-11H,2-7H2,1H3. The van der Waals surface area contributed by atoms with Gasteiger partial charge in [-0.1, -0.05) is 6.42 Å². The van der Waals surface area contributed by atoms with E-state index in [-0.39, 0.29) is 0 Å². The van der Waals surface area contributed by atoms with E-state index in [2.05, 4.69) is 11.8 Å². The van der Waals surface area contributed by atoms with E-state index >= 15 is 0 Å². The maximum atomic E-state index is 2.80. The Morgan fingerprint density at radius 1 is 1.08 bits per heavy atom. The molecular weight excluding hydrogens is 146 g/mol. The predicted molar refractivity (Wildman–Crippen MR) is 50.0 cm³/mol. The summed E-state index contributed by atoms with van der Waals surface area (Å²) >= 11 is 0. The molecule has 0 spiro atoms. The van der Waals surface area contributed by atoms with E-state index < -0.39 is 0 Å². The van der Waals surface area contributed by atoms with Crippen LogP contribution >= 0.6 is 0 Å². The molecule has 1 heteroatoms. The minimum absolute atomic E-state index is 0.903. The highest BCUT2D eigenvalue weighted by atomic mass is 15.2. The van der Waals surface area contributed by atoms with Crippen molar-refractivity contribution in [1.29, 1.82) is 0 Å². The average Bonchev–Trinajstić information content (AvgIpc) is 2.63. The topological polar surface area (TPSA) is 3.24 Å². The fraction of sp³-hybridized carbons (Fsp3) is 1.00. The summed E-state index contributed by atoms with van der Waals surface area (Å²) in [6, 6.07) is 1.91. The Morgan fingerprint density at radius 3 is 2.92 bits per heavy atom. The smallest absolute Gasteiger partial charge is 0.0130 e. The summed E-state index contributed by atoms with van der Waals surface area (Å²) in [7, 11) is 0. The van der Waals surface area contributed by atoms with Gasteiger partial charge in [-0.15, -0.1) is 0 Å². The van der Waals surface area contributed by atoms with Crippen LogP contribution in [0.4, 0.5) is 0 Å². The van der Waals surface area contributed by atoms with E-state index in [9.17, 15) is 0 Å². The van der Waals surface area contributed by atoms with E-state index in [1.54, 1.807) is 6.42 Å². The lowest BCUT2D eigenvalue weighted by Gasteiger charge is -2.22. The van der Waals surface area contributed by atoms with Crippen LogP contribution in [0.2, 0.25) is 0 Å². The lowest BCUT2D eigenvalue weighted by molar-refractivity contribution is 0.233. The zero-order valence-electron chi connectivity index (χ0n) is 8.00. The Kier molecular flexibility index (Phi) is 1.52. The van der Waals surface area contributed by atoms with Gasteiger partial charge in [0, 0.05) is 18.6 Å². The van der Waals surface area contributed by atoms with Crippen molar-refractivity contribution < 1.29 is 0 Å². The first-order valence-corrected chi connectivity index (χ1v) is 5.62. The van der Waals surface area contributed by atoms with Crippen molar-refractivity contribution in [1.82, 2.24) is 4.90 Å². The zero-order chi connectivity index (χ0) is 8.13. The van der Waals surface area contributed by atoms with Crippen LogP contribution in [-0.4, -0.2) is 23.5 Å². The van der Waals surface area contributed by atoms with Crippen molar-refractivity contribution in [3.05, 3.63) is 0 Å². The number of hydrogen-bond acceptors (Lipinski definition) is 1. The fourth-order valence-electron chi connectivity index (χ4n) is 3.92. The van der Waals surface area contributed by atoms with Crippen LogP contribution in [0.1, 0.15) is 39.0 Å². The maximum absolute atomic E-state index is 2.80. The highest BCUT2D eigenvalue weighted by molar-refractivity contribution is 5.01. The van der Waals surface area contributed by atoms with Crippen LogP contribution in [0.3, 0.4) is 0 Å². The number of fused-ring (bicyclic) bond motifs is 3. The van der Waals surface area contributed by atoms with Gasteiger partial charge in [0.1, 0.15) is 0 Å². The molecule has 3 aliphatic rings. The molecule has 4 atom stereocenters. The van der Waals surface area contributed by atoms with Gasteiger partial charge in [-0.25, -0.2) is 0 Å². The summed E-state index contributed by atoms with van der Waals surface area (Å²) < 4.78 is 0. The fourth-order valence-corrected chi connectivity index (χ4v) is 3.92. The van der Waals surface area contributed by atoms with Gasteiger partial charge in [-0.3, -0.25) is 4.90 Å². The average molecular weight is 165 g/mol. The van der Waals surface area contributed by atoms with Crippen LogP contribution in [0.5, 0.6) is 0 Å². The Balaban J connectivity index is 1.83. The van der Waals surface area contributed by atoms with Crippen LogP contribution < -0.4 is 0 Å². The number of nitrogens with zero attached hydrogens (tertiary/aromatic N) is 1. The molecule has 0 N–H and O–H groups in total. The Morgan fingerprint density at radius 2 is 2.00 bits per heavy atom. The lowest BCUT2D eigenvalue weighted by atomic mass is 9.92.